The number of carbonyl (C=O) groups is 1. The maximum Gasteiger partial charge on any atom is 0.254 e. The second-order valence-electron chi connectivity index (χ2n) is 7.13. The van der Waals surface area contributed by atoms with Crippen LogP contribution in [-0.2, 0) is 13.0 Å². The molecule has 4 rings (SSSR count). The Hall–Kier alpha value is -2.89. The standard InChI is InChI=1S/C20H23N5O/c1-12-13(2)23-17-6-5-14(9-16(12)17)20(26)25-8-7-15-18(10-25)21-11-22-19(15)24(3)4/h5-6,9,11,23H,7-8,10H2,1-4H3. The van der Waals surface area contributed by atoms with Crippen molar-refractivity contribution >= 4 is 22.6 Å². The van der Waals surface area contributed by atoms with Gasteiger partial charge in [0.15, 0.2) is 0 Å². The van der Waals surface area contributed by atoms with Gasteiger partial charge in [-0.25, -0.2) is 9.97 Å². The van der Waals surface area contributed by atoms with Gasteiger partial charge in [0.1, 0.15) is 12.1 Å². The molecule has 0 unspecified atom stereocenters. The fourth-order valence-corrected chi connectivity index (χ4v) is 3.67. The second kappa shape index (κ2) is 6.12. The molecule has 1 aliphatic rings. The Bertz CT molecular complexity index is 1000. The molecule has 1 aromatic carbocycles. The van der Waals surface area contributed by atoms with E-state index in [1.165, 1.54) is 5.56 Å². The van der Waals surface area contributed by atoms with Gasteiger partial charge in [0, 0.05) is 48.4 Å². The number of aromatic nitrogens is 3. The van der Waals surface area contributed by atoms with E-state index in [0.717, 1.165) is 45.7 Å². The molecule has 26 heavy (non-hydrogen) atoms. The van der Waals surface area contributed by atoms with Crippen LogP contribution in [0.5, 0.6) is 0 Å². The van der Waals surface area contributed by atoms with Gasteiger partial charge in [-0.15, -0.1) is 0 Å². The van der Waals surface area contributed by atoms with Crippen LogP contribution in [0.4, 0.5) is 5.82 Å². The molecule has 3 heterocycles. The van der Waals surface area contributed by atoms with Crippen LogP contribution in [0.25, 0.3) is 10.9 Å². The fourth-order valence-electron chi connectivity index (χ4n) is 3.67. The molecule has 1 N–H and O–H groups in total. The third-order valence-corrected chi connectivity index (χ3v) is 5.25. The maximum absolute atomic E-state index is 13.1. The van der Waals surface area contributed by atoms with E-state index in [0.29, 0.717) is 13.1 Å². The van der Waals surface area contributed by atoms with E-state index in [9.17, 15) is 4.79 Å². The molecule has 6 heteroatoms. The molecule has 0 spiro atoms. The summed E-state index contributed by atoms with van der Waals surface area (Å²) in [7, 11) is 3.97. The highest BCUT2D eigenvalue weighted by molar-refractivity contribution is 5.99. The van der Waals surface area contributed by atoms with Gasteiger partial charge in [-0.1, -0.05) is 0 Å². The van der Waals surface area contributed by atoms with Gasteiger partial charge in [0.25, 0.3) is 5.91 Å². The van der Waals surface area contributed by atoms with Crippen LogP contribution in [0, 0.1) is 13.8 Å². The van der Waals surface area contributed by atoms with Crippen LogP contribution in [0.3, 0.4) is 0 Å². The summed E-state index contributed by atoms with van der Waals surface area (Å²) in [5, 5.41) is 1.11. The Morgan fingerprint density at radius 2 is 2.04 bits per heavy atom. The monoisotopic (exact) mass is 349 g/mol. The maximum atomic E-state index is 13.1. The second-order valence-corrected chi connectivity index (χ2v) is 7.13. The zero-order valence-electron chi connectivity index (χ0n) is 15.6. The Morgan fingerprint density at radius 3 is 2.81 bits per heavy atom. The minimum Gasteiger partial charge on any atom is -0.362 e. The molecule has 3 aromatic rings. The van der Waals surface area contributed by atoms with E-state index < -0.39 is 0 Å². The molecule has 0 radical (unpaired) electrons. The van der Waals surface area contributed by atoms with Crippen molar-refractivity contribution < 1.29 is 4.79 Å². The van der Waals surface area contributed by atoms with Gasteiger partial charge in [0.05, 0.1) is 12.2 Å². The summed E-state index contributed by atoms with van der Waals surface area (Å²) in [6.45, 7) is 5.35. The van der Waals surface area contributed by atoms with Crippen molar-refractivity contribution in [3.63, 3.8) is 0 Å². The van der Waals surface area contributed by atoms with Crippen molar-refractivity contribution in [3.8, 4) is 0 Å². The Morgan fingerprint density at radius 1 is 1.23 bits per heavy atom. The number of nitrogens with one attached hydrogen (secondary N) is 1. The van der Waals surface area contributed by atoms with Crippen molar-refractivity contribution in [2.75, 3.05) is 25.5 Å². The highest BCUT2D eigenvalue weighted by atomic mass is 16.2. The molecule has 134 valence electrons. The first-order chi connectivity index (χ1) is 12.5. The minimum absolute atomic E-state index is 0.0563. The molecule has 0 saturated carbocycles. The molecule has 6 nitrogen and oxygen atoms in total. The predicted molar refractivity (Wildman–Crippen MR) is 103 cm³/mol. The van der Waals surface area contributed by atoms with Gasteiger partial charge in [-0.05, 0) is 44.0 Å². The van der Waals surface area contributed by atoms with E-state index in [1.54, 1.807) is 6.33 Å². The largest absolute Gasteiger partial charge is 0.362 e. The van der Waals surface area contributed by atoms with E-state index in [2.05, 4.69) is 28.8 Å². The highest BCUT2D eigenvalue weighted by Crippen LogP contribution is 2.27. The number of rotatable bonds is 2. The van der Waals surface area contributed by atoms with Crippen molar-refractivity contribution in [1.29, 1.82) is 0 Å². The third kappa shape index (κ3) is 2.62. The van der Waals surface area contributed by atoms with Gasteiger partial charge >= 0.3 is 0 Å². The van der Waals surface area contributed by atoms with Crippen LogP contribution in [-0.4, -0.2) is 46.4 Å². The smallest absolute Gasteiger partial charge is 0.254 e. The SMILES string of the molecule is Cc1[nH]c2ccc(C(=O)N3CCc4c(ncnc4N(C)C)C3)cc2c1C. The molecular weight excluding hydrogens is 326 g/mol. The summed E-state index contributed by atoms with van der Waals surface area (Å²) in [6.07, 6.45) is 2.36. The van der Waals surface area contributed by atoms with E-state index in [4.69, 9.17) is 0 Å². The zero-order chi connectivity index (χ0) is 18.4. The number of anilines is 1. The molecule has 0 fully saturated rings. The number of fused-ring (bicyclic) bond motifs is 2. The molecule has 0 bridgehead atoms. The number of hydrogen-bond donors (Lipinski definition) is 1. The summed E-state index contributed by atoms with van der Waals surface area (Å²) in [5.74, 6) is 1.00. The molecule has 2 aromatic heterocycles. The molecule has 0 atom stereocenters. The van der Waals surface area contributed by atoms with Crippen molar-refractivity contribution in [3.05, 3.63) is 52.6 Å². The molecule has 0 saturated heterocycles. The molecule has 1 aliphatic heterocycles. The first-order valence-electron chi connectivity index (χ1n) is 8.84. The van der Waals surface area contributed by atoms with Crippen LogP contribution in [0.1, 0.15) is 32.9 Å². The number of aromatic amines is 1. The Balaban J connectivity index is 1.64. The number of amides is 1. The van der Waals surface area contributed by atoms with E-state index >= 15 is 0 Å². The van der Waals surface area contributed by atoms with Gasteiger partial charge in [-0.2, -0.15) is 0 Å². The summed E-state index contributed by atoms with van der Waals surface area (Å²) in [6, 6.07) is 5.89. The Kier molecular flexibility index (Phi) is 3.90. The zero-order valence-corrected chi connectivity index (χ0v) is 15.6. The summed E-state index contributed by atoms with van der Waals surface area (Å²) in [4.78, 5) is 29.1. The normalized spacial score (nSPS) is 13.8. The fraction of sp³-hybridized carbons (Fsp3) is 0.350. The lowest BCUT2D eigenvalue weighted by Gasteiger charge is -2.30. The first-order valence-corrected chi connectivity index (χ1v) is 8.84. The lowest BCUT2D eigenvalue weighted by molar-refractivity contribution is 0.0732. The van der Waals surface area contributed by atoms with Crippen LogP contribution in [0.15, 0.2) is 24.5 Å². The average molecular weight is 349 g/mol. The van der Waals surface area contributed by atoms with Crippen molar-refractivity contribution in [1.82, 2.24) is 19.9 Å². The number of benzene rings is 1. The number of H-pyrrole nitrogens is 1. The lowest BCUT2D eigenvalue weighted by Crippen LogP contribution is -2.37. The van der Waals surface area contributed by atoms with Crippen molar-refractivity contribution in [2.45, 2.75) is 26.8 Å². The summed E-state index contributed by atoms with van der Waals surface area (Å²) >= 11 is 0. The number of hydrogen-bond acceptors (Lipinski definition) is 4. The van der Waals surface area contributed by atoms with E-state index in [-0.39, 0.29) is 5.91 Å². The molecular formula is C20H23N5O. The number of aryl methyl sites for hydroxylation is 2. The highest BCUT2D eigenvalue weighted by Gasteiger charge is 2.25. The first kappa shape index (κ1) is 16.6. The van der Waals surface area contributed by atoms with Crippen molar-refractivity contribution in [2.24, 2.45) is 0 Å². The Labute approximate surface area is 152 Å². The van der Waals surface area contributed by atoms with Crippen LogP contribution < -0.4 is 4.90 Å². The van der Waals surface area contributed by atoms with Gasteiger partial charge < -0.3 is 14.8 Å². The average Bonchev–Trinajstić information content (AvgIpc) is 2.93. The minimum atomic E-state index is 0.0563. The number of carbonyl (C=O) groups excluding carboxylic acids is 1. The lowest BCUT2D eigenvalue weighted by atomic mass is 10.0. The van der Waals surface area contributed by atoms with E-state index in [1.807, 2.05) is 42.1 Å². The predicted octanol–water partition coefficient (Wildman–Crippen LogP) is 2.84. The topological polar surface area (TPSA) is 65.1 Å². The van der Waals surface area contributed by atoms with Gasteiger partial charge in [-0.3, -0.25) is 4.79 Å². The van der Waals surface area contributed by atoms with Gasteiger partial charge in [0.2, 0.25) is 0 Å². The van der Waals surface area contributed by atoms with Crippen LogP contribution in [0.2, 0.25) is 0 Å². The third-order valence-electron chi connectivity index (χ3n) is 5.25. The van der Waals surface area contributed by atoms with Crippen LogP contribution >= 0.6 is 0 Å². The number of nitrogens with zero attached hydrogens (tertiary/aromatic N) is 4. The summed E-state index contributed by atoms with van der Waals surface area (Å²) in [5.41, 5.74) is 6.23. The quantitative estimate of drug-likeness (QED) is 0.773. The molecule has 0 aliphatic carbocycles. The summed E-state index contributed by atoms with van der Waals surface area (Å²) < 4.78 is 0. The molecule has 1 amide bonds.